The minimum atomic E-state index is -4.45. The van der Waals surface area contributed by atoms with E-state index in [9.17, 15) is 17.6 Å². The van der Waals surface area contributed by atoms with Crippen LogP contribution in [0.2, 0.25) is 0 Å². The van der Waals surface area contributed by atoms with E-state index in [1.54, 1.807) is 0 Å². The number of rotatable bonds is 2. The van der Waals surface area contributed by atoms with Gasteiger partial charge in [0, 0.05) is 6.54 Å². The molecule has 0 saturated heterocycles. The van der Waals surface area contributed by atoms with E-state index in [1.807, 2.05) is 0 Å². The zero-order valence-corrected chi connectivity index (χ0v) is 7.24. The maximum atomic E-state index is 12.3. The first-order valence-electron chi connectivity index (χ1n) is 3.93. The van der Waals surface area contributed by atoms with Gasteiger partial charge in [-0.2, -0.15) is 13.2 Å². The molecule has 0 aromatic heterocycles. The van der Waals surface area contributed by atoms with E-state index in [2.05, 4.69) is 0 Å². The number of hydrogen-bond acceptors (Lipinski definition) is 1. The van der Waals surface area contributed by atoms with Crippen LogP contribution in [0.15, 0.2) is 18.2 Å². The Hall–Kier alpha value is -1.10. The molecule has 1 nitrogen and oxygen atoms in total. The van der Waals surface area contributed by atoms with Crippen LogP contribution < -0.4 is 5.73 Å². The average Bonchev–Trinajstić information content (AvgIpc) is 2.15. The molecule has 0 aliphatic rings. The second-order valence-electron chi connectivity index (χ2n) is 2.87. The molecule has 0 unspecified atom stereocenters. The lowest BCUT2D eigenvalue weighted by molar-refractivity contribution is -0.137. The highest BCUT2D eigenvalue weighted by Crippen LogP contribution is 2.30. The molecule has 1 aromatic rings. The predicted octanol–water partition coefficient (Wildman–Crippen LogP) is 2.63. The lowest BCUT2D eigenvalue weighted by atomic mass is 10.1. The van der Waals surface area contributed by atoms with Crippen molar-refractivity contribution in [3.05, 3.63) is 34.9 Å². The van der Waals surface area contributed by atoms with Crippen molar-refractivity contribution in [2.45, 2.75) is 19.4 Å². The summed E-state index contributed by atoms with van der Waals surface area (Å²) >= 11 is 0. The van der Waals surface area contributed by atoms with Crippen molar-refractivity contribution >= 4 is 0 Å². The third-order valence-electron chi connectivity index (χ3n) is 1.77. The van der Waals surface area contributed by atoms with Gasteiger partial charge in [0.25, 0.3) is 0 Å². The molecule has 78 valence electrons. The van der Waals surface area contributed by atoms with Crippen LogP contribution in [0.4, 0.5) is 17.6 Å². The Morgan fingerprint density at radius 2 is 1.64 bits per heavy atom. The molecule has 0 heterocycles. The first-order valence-corrected chi connectivity index (χ1v) is 3.93. The van der Waals surface area contributed by atoms with Crippen molar-refractivity contribution in [3.63, 3.8) is 0 Å². The normalized spacial score (nSPS) is 11.8. The van der Waals surface area contributed by atoms with Crippen molar-refractivity contribution in [2.24, 2.45) is 5.73 Å². The molecule has 0 fully saturated rings. The average molecular weight is 207 g/mol. The Morgan fingerprint density at radius 1 is 1.07 bits per heavy atom. The van der Waals surface area contributed by atoms with Crippen LogP contribution in [0.5, 0.6) is 0 Å². The van der Waals surface area contributed by atoms with Crippen molar-refractivity contribution in [1.29, 1.82) is 0 Å². The van der Waals surface area contributed by atoms with E-state index in [0.29, 0.717) is 0 Å². The Balaban J connectivity index is 3.17. The molecule has 0 aliphatic carbocycles. The van der Waals surface area contributed by atoms with Gasteiger partial charge in [0.1, 0.15) is 6.67 Å². The monoisotopic (exact) mass is 207 g/mol. The van der Waals surface area contributed by atoms with Crippen molar-refractivity contribution < 1.29 is 17.6 Å². The van der Waals surface area contributed by atoms with E-state index >= 15 is 0 Å². The fourth-order valence-electron chi connectivity index (χ4n) is 1.12. The Labute approximate surface area is 78.5 Å². The lowest BCUT2D eigenvalue weighted by Crippen LogP contribution is -2.08. The minimum Gasteiger partial charge on any atom is -0.326 e. The summed E-state index contributed by atoms with van der Waals surface area (Å²) in [7, 11) is 0. The van der Waals surface area contributed by atoms with E-state index in [-0.39, 0.29) is 17.7 Å². The molecule has 14 heavy (non-hydrogen) atoms. The largest absolute Gasteiger partial charge is 0.416 e. The molecule has 2 N–H and O–H groups in total. The van der Waals surface area contributed by atoms with E-state index < -0.39 is 18.4 Å². The summed E-state index contributed by atoms with van der Waals surface area (Å²) < 4.78 is 49.0. The molecule has 0 radical (unpaired) electrons. The smallest absolute Gasteiger partial charge is 0.326 e. The van der Waals surface area contributed by atoms with Gasteiger partial charge in [0.15, 0.2) is 0 Å². The van der Waals surface area contributed by atoms with E-state index in [1.165, 1.54) is 6.07 Å². The van der Waals surface area contributed by atoms with E-state index in [4.69, 9.17) is 5.73 Å². The first-order chi connectivity index (χ1) is 6.47. The Morgan fingerprint density at radius 3 is 2.07 bits per heavy atom. The predicted molar refractivity (Wildman–Crippen MR) is 44.1 cm³/mol. The summed E-state index contributed by atoms with van der Waals surface area (Å²) in [6.07, 6.45) is -4.45. The van der Waals surface area contributed by atoms with Gasteiger partial charge < -0.3 is 5.73 Å². The Bertz CT molecular complexity index is 297. The fourth-order valence-corrected chi connectivity index (χ4v) is 1.12. The van der Waals surface area contributed by atoms with Gasteiger partial charge in [0.2, 0.25) is 0 Å². The second-order valence-corrected chi connectivity index (χ2v) is 2.87. The molecule has 0 saturated carbocycles. The van der Waals surface area contributed by atoms with Crippen LogP contribution in [0.25, 0.3) is 0 Å². The van der Waals surface area contributed by atoms with Gasteiger partial charge in [-0.15, -0.1) is 0 Å². The maximum absolute atomic E-state index is 12.3. The highest BCUT2D eigenvalue weighted by atomic mass is 19.4. The topological polar surface area (TPSA) is 26.0 Å². The molecule has 0 amide bonds. The van der Waals surface area contributed by atoms with Crippen molar-refractivity contribution in [1.82, 2.24) is 0 Å². The SMILES string of the molecule is NCc1cc(CF)cc(C(F)(F)F)c1. The lowest BCUT2D eigenvalue weighted by Gasteiger charge is -2.09. The molecule has 1 aromatic carbocycles. The third-order valence-corrected chi connectivity index (χ3v) is 1.77. The van der Waals surface area contributed by atoms with Crippen LogP contribution in [-0.4, -0.2) is 0 Å². The molecular formula is C9H9F4N. The number of hydrogen-bond donors (Lipinski definition) is 1. The molecule has 0 aliphatic heterocycles. The summed E-state index contributed by atoms with van der Waals surface area (Å²) in [4.78, 5) is 0. The van der Waals surface area contributed by atoms with Crippen LogP contribution in [0.1, 0.15) is 16.7 Å². The zero-order chi connectivity index (χ0) is 10.8. The quantitative estimate of drug-likeness (QED) is 0.741. The summed E-state index contributed by atoms with van der Waals surface area (Å²) in [6.45, 7) is -0.951. The minimum absolute atomic E-state index is 0.000255. The molecule has 0 bridgehead atoms. The highest BCUT2D eigenvalue weighted by molar-refractivity contribution is 5.31. The third kappa shape index (κ3) is 2.45. The van der Waals surface area contributed by atoms with Crippen molar-refractivity contribution in [2.75, 3.05) is 0 Å². The fraction of sp³-hybridized carbons (Fsp3) is 0.333. The molecule has 5 heteroatoms. The first kappa shape index (κ1) is 11.0. The Kier molecular flexibility index (Phi) is 3.10. The number of nitrogens with two attached hydrogens (primary N) is 1. The molecule has 0 atom stereocenters. The second kappa shape index (κ2) is 3.96. The summed E-state index contributed by atoms with van der Waals surface area (Å²) in [5, 5.41) is 0. The van der Waals surface area contributed by atoms with Gasteiger partial charge in [-0.3, -0.25) is 0 Å². The van der Waals surface area contributed by atoms with Gasteiger partial charge >= 0.3 is 6.18 Å². The van der Waals surface area contributed by atoms with Gasteiger partial charge in [-0.1, -0.05) is 6.07 Å². The van der Waals surface area contributed by atoms with Gasteiger partial charge in [-0.25, -0.2) is 4.39 Å². The van der Waals surface area contributed by atoms with Crippen LogP contribution in [0, 0.1) is 0 Å². The van der Waals surface area contributed by atoms with Gasteiger partial charge in [0.05, 0.1) is 5.56 Å². The van der Waals surface area contributed by atoms with E-state index in [0.717, 1.165) is 12.1 Å². The summed E-state index contributed by atoms with van der Waals surface area (Å²) in [5.74, 6) is 0. The highest BCUT2D eigenvalue weighted by Gasteiger charge is 2.30. The molecule has 1 rings (SSSR count). The van der Waals surface area contributed by atoms with Gasteiger partial charge in [-0.05, 0) is 23.3 Å². The standard InChI is InChI=1S/C9H9F4N/c10-4-6-1-7(5-14)3-8(2-6)9(11,12)13/h1-3H,4-5,14H2. The number of alkyl halides is 4. The van der Waals surface area contributed by atoms with Crippen LogP contribution in [0.3, 0.4) is 0 Å². The molecular weight excluding hydrogens is 198 g/mol. The molecule has 0 spiro atoms. The van der Waals surface area contributed by atoms with Crippen LogP contribution >= 0.6 is 0 Å². The van der Waals surface area contributed by atoms with Crippen LogP contribution in [-0.2, 0) is 19.4 Å². The number of benzene rings is 1. The zero-order valence-electron chi connectivity index (χ0n) is 7.24. The maximum Gasteiger partial charge on any atom is 0.416 e. The summed E-state index contributed by atoms with van der Waals surface area (Å²) in [6, 6.07) is 3.05. The van der Waals surface area contributed by atoms with Crippen molar-refractivity contribution in [3.8, 4) is 0 Å². The summed E-state index contributed by atoms with van der Waals surface area (Å²) in [5.41, 5.74) is 4.63. The number of halogens is 4.